The van der Waals surface area contributed by atoms with E-state index in [0.717, 1.165) is 16.8 Å². The molecule has 1 aromatic carbocycles. The molecule has 1 aromatic rings. The van der Waals surface area contributed by atoms with Crippen molar-refractivity contribution in [1.82, 2.24) is 5.48 Å². The number of aliphatic hydroxyl groups is 2. The van der Waals surface area contributed by atoms with Crippen molar-refractivity contribution < 1.29 is 25.0 Å². The molecule has 1 saturated carbocycles. The van der Waals surface area contributed by atoms with Gasteiger partial charge in [0.15, 0.2) is 6.61 Å². The molecule has 0 aliphatic heterocycles. The highest BCUT2D eigenvalue weighted by molar-refractivity contribution is 5.67. The molecule has 2 aliphatic rings. The molecule has 0 amide bonds. The zero-order chi connectivity index (χ0) is 17.1. The topological polar surface area (TPSA) is 99.0 Å². The van der Waals surface area contributed by atoms with Gasteiger partial charge in [-0.1, -0.05) is 42.5 Å². The molecule has 1 fully saturated rings. The first-order chi connectivity index (χ1) is 11.6. The molecule has 6 heteroatoms. The largest absolute Gasteiger partial charge is 0.479 e. The maximum absolute atomic E-state index is 10.4. The Morgan fingerprint density at radius 1 is 1.33 bits per heavy atom. The van der Waals surface area contributed by atoms with Gasteiger partial charge in [-0.2, -0.15) is 0 Å². The van der Waals surface area contributed by atoms with E-state index < -0.39 is 24.8 Å². The molecule has 2 aliphatic carbocycles. The van der Waals surface area contributed by atoms with Gasteiger partial charge in [0.2, 0.25) is 0 Å². The monoisotopic (exact) mass is 331 g/mol. The standard InChI is InChI=1S/C18H21NO5/c20-16(11-4-2-1-3-5-11)7-6-12-8-13-14(18(12)23)9-15(13)19-24-10-17(21)22/h1-7,12,14,16,18-20,23H,8-10H2,(H,21,22)/t12?,14-,16?,18?/m1/s1. The lowest BCUT2D eigenvalue weighted by atomic mass is 9.83. The summed E-state index contributed by atoms with van der Waals surface area (Å²) >= 11 is 0. The van der Waals surface area contributed by atoms with Gasteiger partial charge in [0.1, 0.15) is 0 Å². The van der Waals surface area contributed by atoms with Crippen LogP contribution in [-0.2, 0) is 9.63 Å². The van der Waals surface area contributed by atoms with E-state index >= 15 is 0 Å². The Morgan fingerprint density at radius 2 is 2.08 bits per heavy atom. The van der Waals surface area contributed by atoms with Gasteiger partial charge in [-0.25, -0.2) is 4.79 Å². The van der Waals surface area contributed by atoms with Gasteiger partial charge in [-0.3, -0.25) is 10.3 Å². The van der Waals surface area contributed by atoms with Crippen LogP contribution in [0.25, 0.3) is 0 Å². The first kappa shape index (κ1) is 16.7. The number of rotatable bonds is 7. The minimum atomic E-state index is -1.04. The summed E-state index contributed by atoms with van der Waals surface area (Å²) in [6, 6.07) is 9.35. The first-order valence-corrected chi connectivity index (χ1v) is 7.97. The van der Waals surface area contributed by atoms with Crippen molar-refractivity contribution in [1.29, 1.82) is 0 Å². The number of nitrogens with one attached hydrogen (secondary N) is 1. The van der Waals surface area contributed by atoms with E-state index in [1.807, 2.05) is 36.4 Å². The van der Waals surface area contributed by atoms with Gasteiger partial charge in [0.05, 0.1) is 12.2 Å². The quantitative estimate of drug-likeness (QED) is 0.447. The minimum Gasteiger partial charge on any atom is -0.479 e. The number of aliphatic carboxylic acids is 1. The van der Waals surface area contributed by atoms with Crippen molar-refractivity contribution in [2.45, 2.75) is 25.0 Å². The van der Waals surface area contributed by atoms with Crippen molar-refractivity contribution in [3.63, 3.8) is 0 Å². The van der Waals surface area contributed by atoms with Gasteiger partial charge in [0, 0.05) is 17.5 Å². The molecule has 24 heavy (non-hydrogen) atoms. The van der Waals surface area contributed by atoms with Crippen LogP contribution in [0.4, 0.5) is 0 Å². The predicted octanol–water partition coefficient (Wildman–Crippen LogP) is 1.54. The van der Waals surface area contributed by atoms with Crippen LogP contribution >= 0.6 is 0 Å². The Kier molecular flexibility index (Phi) is 4.99. The second-order valence-corrected chi connectivity index (χ2v) is 6.20. The zero-order valence-corrected chi connectivity index (χ0v) is 13.1. The second kappa shape index (κ2) is 7.17. The number of hydroxylamine groups is 1. The van der Waals surface area contributed by atoms with E-state index in [2.05, 4.69) is 5.48 Å². The van der Waals surface area contributed by atoms with Crippen molar-refractivity contribution in [3.8, 4) is 0 Å². The molecule has 3 rings (SSSR count). The van der Waals surface area contributed by atoms with E-state index in [0.29, 0.717) is 12.8 Å². The third-order valence-corrected chi connectivity index (χ3v) is 4.64. The van der Waals surface area contributed by atoms with Crippen molar-refractivity contribution in [3.05, 3.63) is 59.3 Å². The third kappa shape index (κ3) is 3.51. The fourth-order valence-corrected chi connectivity index (χ4v) is 3.32. The Labute approximate surface area is 140 Å². The molecule has 128 valence electrons. The summed E-state index contributed by atoms with van der Waals surface area (Å²) in [5.74, 6) is -1.00. The van der Waals surface area contributed by atoms with E-state index in [9.17, 15) is 15.0 Å². The number of hydrogen-bond acceptors (Lipinski definition) is 5. The molecule has 0 heterocycles. The molecule has 0 bridgehead atoms. The highest BCUT2D eigenvalue weighted by Gasteiger charge is 2.45. The average Bonchev–Trinajstić information content (AvgIpc) is 2.81. The summed E-state index contributed by atoms with van der Waals surface area (Å²) in [5, 5.41) is 29.1. The van der Waals surface area contributed by atoms with Gasteiger partial charge in [0.25, 0.3) is 0 Å². The Morgan fingerprint density at radius 3 is 2.79 bits per heavy atom. The van der Waals surface area contributed by atoms with Crippen molar-refractivity contribution in [2.24, 2.45) is 11.8 Å². The summed E-state index contributed by atoms with van der Waals surface area (Å²) in [7, 11) is 0. The number of hydrogen-bond donors (Lipinski definition) is 4. The smallest absolute Gasteiger partial charge is 0.332 e. The molecular formula is C18H21NO5. The predicted molar refractivity (Wildman–Crippen MR) is 86.5 cm³/mol. The molecule has 0 saturated heterocycles. The fourth-order valence-electron chi connectivity index (χ4n) is 3.32. The maximum atomic E-state index is 10.4. The number of carboxylic acid groups (broad SMARTS) is 1. The van der Waals surface area contributed by atoms with Gasteiger partial charge < -0.3 is 15.3 Å². The highest BCUT2D eigenvalue weighted by atomic mass is 16.7. The summed E-state index contributed by atoms with van der Waals surface area (Å²) in [6.07, 6.45) is 3.74. The highest BCUT2D eigenvalue weighted by Crippen LogP contribution is 2.48. The number of fused-ring (bicyclic) bond motifs is 1. The van der Waals surface area contributed by atoms with Gasteiger partial charge >= 0.3 is 5.97 Å². The maximum Gasteiger partial charge on any atom is 0.332 e. The molecule has 0 radical (unpaired) electrons. The summed E-state index contributed by atoms with van der Waals surface area (Å²) in [6.45, 7) is -0.406. The van der Waals surface area contributed by atoms with E-state index in [4.69, 9.17) is 9.94 Å². The van der Waals surface area contributed by atoms with E-state index in [1.165, 1.54) is 0 Å². The van der Waals surface area contributed by atoms with E-state index in [1.54, 1.807) is 6.08 Å². The first-order valence-electron chi connectivity index (χ1n) is 7.97. The SMILES string of the molecule is O=C(O)CONC1=C2CC(C=CC(O)c3ccccc3)C(O)[C@@H]2C1. The van der Waals surface area contributed by atoms with Crippen molar-refractivity contribution in [2.75, 3.05) is 6.61 Å². The lowest BCUT2D eigenvalue weighted by Crippen LogP contribution is -2.32. The Bertz CT molecular complexity index is 655. The average molecular weight is 331 g/mol. The van der Waals surface area contributed by atoms with Crippen LogP contribution in [0.2, 0.25) is 0 Å². The number of carboxylic acids is 1. The Hall–Kier alpha value is -2.15. The lowest BCUT2D eigenvalue weighted by Gasteiger charge is -2.30. The van der Waals surface area contributed by atoms with Crippen LogP contribution in [0.15, 0.2) is 53.8 Å². The molecule has 0 spiro atoms. The second-order valence-electron chi connectivity index (χ2n) is 6.20. The van der Waals surface area contributed by atoms with E-state index in [-0.39, 0.29) is 11.8 Å². The van der Waals surface area contributed by atoms with Gasteiger partial charge in [-0.05, 0) is 24.0 Å². The summed E-state index contributed by atoms with van der Waals surface area (Å²) in [4.78, 5) is 15.3. The van der Waals surface area contributed by atoms with Gasteiger partial charge in [-0.15, -0.1) is 0 Å². The van der Waals surface area contributed by atoms with Crippen LogP contribution in [0.5, 0.6) is 0 Å². The number of carbonyl (C=O) groups is 1. The van der Waals surface area contributed by atoms with Crippen LogP contribution in [-0.4, -0.2) is 34.0 Å². The van der Waals surface area contributed by atoms with Crippen LogP contribution in [0, 0.1) is 11.8 Å². The lowest BCUT2D eigenvalue weighted by molar-refractivity contribution is -0.144. The third-order valence-electron chi connectivity index (χ3n) is 4.64. The normalized spacial score (nSPS) is 27.0. The fraction of sp³-hybridized carbons (Fsp3) is 0.389. The molecule has 0 aromatic heterocycles. The number of aliphatic hydroxyl groups excluding tert-OH is 2. The number of benzene rings is 1. The van der Waals surface area contributed by atoms with Crippen LogP contribution in [0.3, 0.4) is 0 Å². The van der Waals surface area contributed by atoms with Crippen LogP contribution in [0.1, 0.15) is 24.5 Å². The molecule has 3 unspecified atom stereocenters. The summed E-state index contributed by atoms with van der Waals surface area (Å²) < 4.78 is 0. The summed E-state index contributed by atoms with van der Waals surface area (Å²) in [5.41, 5.74) is 5.42. The zero-order valence-electron chi connectivity index (χ0n) is 13.1. The Balaban J connectivity index is 1.58. The molecule has 6 nitrogen and oxygen atoms in total. The molecular weight excluding hydrogens is 310 g/mol. The van der Waals surface area contributed by atoms with Crippen LogP contribution < -0.4 is 5.48 Å². The number of allylic oxidation sites excluding steroid dienone is 1. The minimum absolute atomic E-state index is 0.0536. The molecule has 4 N–H and O–H groups in total. The molecule has 4 atom stereocenters. The van der Waals surface area contributed by atoms with Crippen molar-refractivity contribution >= 4 is 5.97 Å².